The third-order valence-electron chi connectivity index (χ3n) is 4.77. The normalized spacial score (nSPS) is 19.5. The molecular formula is C19H18F3N3O3. The van der Waals surface area contributed by atoms with E-state index in [1.807, 2.05) is 6.07 Å². The summed E-state index contributed by atoms with van der Waals surface area (Å²) >= 11 is 0. The molecule has 0 bridgehead atoms. The Hall–Kier alpha value is -2.97. The number of hydrogen-bond donors (Lipinski definition) is 0. The number of anilines is 1. The fourth-order valence-corrected chi connectivity index (χ4v) is 3.27. The van der Waals surface area contributed by atoms with Crippen molar-refractivity contribution in [3.8, 4) is 11.5 Å². The van der Waals surface area contributed by atoms with Gasteiger partial charge in [0.05, 0.1) is 5.56 Å². The van der Waals surface area contributed by atoms with Crippen molar-refractivity contribution < 1.29 is 27.4 Å². The van der Waals surface area contributed by atoms with Crippen LogP contribution in [0.4, 0.5) is 19.0 Å². The van der Waals surface area contributed by atoms with Gasteiger partial charge in [-0.15, -0.1) is 0 Å². The highest BCUT2D eigenvalue weighted by atomic mass is 19.4. The second-order valence-electron chi connectivity index (χ2n) is 6.58. The minimum absolute atomic E-state index is 0.130. The quantitative estimate of drug-likeness (QED) is 0.785. The standard InChI is InChI=1S/C19H18F3N3O3/c20-19(21,22)13-5-6-23-17(11-13)24-7-9-25(10-8-24)18(26)16-12-27-14-3-1-2-4-15(14)28-16/h1-6,11,16H,7-10,12H2/t16-/m0/s1. The average molecular weight is 393 g/mol. The highest BCUT2D eigenvalue weighted by Gasteiger charge is 2.34. The molecule has 3 heterocycles. The molecule has 0 radical (unpaired) electrons. The summed E-state index contributed by atoms with van der Waals surface area (Å²) in [6, 6.07) is 9.12. The van der Waals surface area contributed by atoms with E-state index in [1.54, 1.807) is 28.0 Å². The van der Waals surface area contributed by atoms with Crippen molar-refractivity contribution in [3.05, 3.63) is 48.2 Å². The average Bonchev–Trinajstić information content (AvgIpc) is 2.72. The number of piperazine rings is 1. The molecule has 1 atom stereocenters. The van der Waals surface area contributed by atoms with E-state index in [1.165, 1.54) is 0 Å². The Bertz CT molecular complexity index is 867. The van der Waals surface area contributed by atoms with Crippen LogP contribution in [-0.4, -0.2) is 54.7 Å². The topological polar surface area (TPSA) is 54.9 Å². The molecule has 1 fully saturated rings. The summed E-state index contributed by atoms with van der Waals surface area (Å²) in [6.45, 7) is 1.66. The lowest BCUT2D eigenvalue weighted by molar-refractivity contribution is -0.141. The van der Waals surface area contributed by atoms with E-state index in [0.717, 1.165) is 18.3 Å². The molecule has 2 aliphatic rings. The molecule has 6 nitrogen and oxygen atoms in total. The Morgan fingerprint density at radius 3 is 2.50 bits per heavy atom. The summed E-state index contributed by atoms with van der Waals surface area (Å²) in [5.41, 5.74) is -0.734. The number of hydrogen-bond acceptors (Lipinski definition) is 5. The van der Waals surface area contributed by atoms with Crippen LogP contribution in [0.5, 0.6) is 11.5 Å². The van der Waals surface area contributed by atoms with Gasteiger partial charge in [-0.2, -0.15) is 13.2 Å². The van der Waals surface area contributed by atoms with Crippen molar-refractivity contribution in [2.24, 2.45) is 0 Å². The van der Waals surface area contributed by atoms with Gasteiger partial charge in [0.1, 0.15) is 12.4 Å². The first-order chi connectivity index (χ1) is 13.4. The number of aromatic nitrogens is 1. The smallest absolute Gasteiger partial charge is 0.416 e. The molecular weight excluding hydrogens is 375 g/mol. The van der Waals surface area contributed by atoms with Gasteiger partial charge in [0.25, 0.3) is 5.91 Å². The summed E-state index contributed by atoms with van der Waals surface area (Å²) < 4.78 is 50.0. The molecule has 1 saturated heterocycles. The maximum Gasteiger partial charge on any atom is 0.416 e. The van der Waals surface area contributed by atoms with Gasteiger partial charge in [0.2, 0.25) is 6.10 Å². The van der Waals surface area contributed by atoms with E-state index in [2.05, 4.69) is 4.98 Å². The number of halogens is 3. The lowest BCUT2D eigenvalue weighted by Gasteiger charge is -2.37. The van der Waals surface area contributed by atoms with Crippen LogP contribution < -0.4 is 14.4 Å². The summed E-state index contributed by atoms with van der Waals surface area (Å²) in [5, 5.41) is 0. The maximum atomic E-state index is 12.9. The largest absolute Gasteiger partial charge is 0.485 e. The molecule has 28 heavy (non-hydrogen) atoms. The molecule has 9 heteroatoms. The number of ether oxygens (including phenoxy) is 2. The van der Waals surface area contributed by atoms with Crippen LogP contribution in [0.2, 0.25) is 0 Å². The fourth-order valence-electron chi connectivity index (χ4n) is 3.27. The predicted octanol–water partition coefficient (Wildman–Crippen LogP) is 2.59. The van der Waals surface area contributed by atoms with Crippen LogP contribution >= 0.6 is 0 Å². The second-order valence-corrected chi connectivity index (χ2v) is 6.58. The summed E-state index contributed by atoms with van der Waals surface area (Å²) in [4.78, 5) is 20.2. The molecule has 1 amide bonds. The van der Waals surface area contributed by atoms with Gasteiger partial charge in [-0.1, -0.05) is 12.1 Å². The number of alkyl halides is 3. The molecule has 0 spiro atoms. The number of rotatable bonds is 2. The monoisotopic (exact) mass is 393 g/mol. The highest BCUT2D eigenvalue weighted by Crippen LogP contribution is 2.32. The number of benzene rings is 1. The van der Waals surface area contributed by atoms with E-state index >= 15 is 0 Å². The Labute approximate surface area is 159 Å². The summed E-state index contributed by atoms with van der Waals surface area (Å²) in [5.74, 6) is 1.20. The van der Waals surface area contributed by atoms with Crippen molar-refractivity contribution in [1.82, 2.24) is 9.88 Å². The molecule has 0 aliphatic carbocycles. The highest BCUT2D eigenvalue weighted by molar-refractivity contribution is 5.82. The lowest BCUT2D eigenvalue weighted by Crippen LogP contribution is -2.54. The number of para-hydroxylation sites is 2. The van der Waals surface area contributed by atoms with Crippen LogP contribution in [0, 0.1) is 0 Å². The Morgan fingerprint density at radius 2 is 1.79 bits per heavy atom. The van der Waals surface area contributed by atoms with Gasteiger partial charge < -0.3 is 19.3 Å². The summed E-state index contributed by atoms with van der Waals surface area (Å²) in [7, 11) is 0. The van der Waals surface area contributed by atoms with Crippen molar-refractivity contribution >= 4 is 11.7 Å². The maximum absolute atomic E-state index is 12.9. The van der Waals surface area contributed by atoms with Gasteiger partial charge in [-0.05, 0) is 24.3 Å². The van der Waals surface area contributed by atoms with Crippen LogP contribution in [0.25, 0.3) is 0 Å². The predicted molar refractivity (Wildman–Crippen MR) is 94.4 cm³/mol. The van der Waals surface area contributed by atoms with Gasteiger partial charge in [0, 0.05) is 32.4 Å². The number of fused-ring (bicyclic) bond motifs is 1. The molecule has 0 saturated carbocycles. The fraction of sp³-hybridized carbons (Fsp3) is 0.368. The zero-order valence-corrected chi connectivity index (χ0v) is 14.9. The molecule has 0 N–H and O–H groups in total. The Morgan fingerprint density at radius 1 is 1.07 bits per heavy atom. The summed E-state index contributed by atoms with van der Waals surface area (Å²) in [6.07, 6.45) is -3.99. The van der Waals surface area contributed by atoms with E-state index < -0.39 is 17.8 Å². The van der Waals surface area contributed by atoms with Crippen molar-refractivity contribution in [1.29, 1.82) is 0 Å². The van der Waals surface area contributed by atoms with Crippen LogP contribution in [0.1, 0.15) is 5.56 Å². The van der Waals surface area contributed by atoms with E-state index in [9.17, 15) is 18.0 Å². The van der Waals surface area contributed by atoms with Crippen LogP contribution in [0.15, 0.2) is 42.6 Å². The number of amides is 1. The lowest BCUT2D eigenvalue weighted by atomic mass is 10.2. The van der Waals surface area contributed by atoms with Crippen molar-refractivity contribution in [2.45, 2.75) is 12.3 Å². The van der Waals surface area contributed by atoms with Gasteiger partial charge in [-0.25, -0.2) is 4.98 Å². The third kappa shape index (κ3) is 3.69. The van der Waals surface area contributed by atoms with Gasteiger partial charge in [-0.3, -0.25) is 4.79 Å². The first-order valence-electron chi connectivity index (χ1n) is 8.87. The van der Waals surface area contributed by atoms with E-state index in [0.29, 0.717) is 37.7 Å². The van der Waals surface area contributed by atoms with Crippen LogP contribution in [-0.2, 0) is 11.0 Å². The van der Waals surface area contributed by atoms with Crippen LogP contribution in [0.3, 0.4) is 0 Å². The Balaban J connectivity index is 1.38. The molecule has 1 aromatic heterocycles. The third-order valence-corrected chi connectivity index (χ3v) is 4.77. The Kier molecular flexibility index (Phi) is 4.74. The van der Waals surface area contributed by atoms with Crippen molar-refractivity contribution in [2.75, 3.05) is 37.7 Å². The molecule has 148 valence electrons. The second kappa shape index (κ2) is 7.21. The van der Waals surface area contributed by atoms with E-state index in [4.69, 9.17) is 9.47 Å². The SMILES string of the molecule is O=C([C@@H]1COc2ccccc2O1)N1CCN(c2cc(C(F)(F)F)ccn2)CC1. The number of nitrogens with zero attached hydrogens (tertiary/aromatic N) is 3. The number of carbonyl (C=O) groups excluding carboxylic acids is 1. The molecule has 2 aromatic rings. The molecule has 2 aliphatic heterocycles. The number of pyridine rings is 1. The first-order valence-corrected chi connectivity index (χ1v) is 8.87. The number of carbonyl (C=O) groups is 1. The molecule has 0 unspecified atom stereocenters. The zero-order valence-electron chi connectivity index (χ0n) is 14.9. The molecule has 4 rings (SSSR count). The minimum Gasteiger partial charge on any atom is -0.485 e. The van der Waals surface area contributed by atoms with Gasteiger partial charge in [0.15, 0.2) is 11.5 Å². The first kappa shape index (κ1) is 18.4. The zero-order chi connectivity index (χ0) is 19.7. The van der Waals surface area contributed by atoms with E-state index in [-0.39, 0.29) is 18.3 Å². The van der Waals surface area contributed by atoms with Gasteiger partial charge >= 0.3 is 6.18 Å². The molecule has 1 aromatic carbocycles. The minimum atomic E-state index is -4.41. The van der Waals surface area contributed by atoms with Crippen molar-refractivity contribution in [3.63, 3.8) is 0 Å².